The number of alkyl halides is 3. The first-order valence-corrected chi connectivity index (χ1v) is 7.67. The van der Waals surface area contributed by atoms with Gasteiger partial charge in [0.05, 0.1) is 0 Å². The number of hydrogen-bond acceptors (Lipinski definition) is 0. The molecule has 0 saturated carbocycles. The summed E-state index contributed by atoms with van der Waals surface area (Å²) in [6, 6.07) is 8.36. The topological polar surface area (TPSA) is 0 Å². The average Bonchev–Trinajstić information content (AvgIpc) is 2.37. The second-order valence-corrected chi connectivity index (χ2v) is 7.77. The van der Waals surface area contributed by atoms with E-state index in [0.717, 1.165) is 0 Å². The zero-order chi connectivity index (χ0) is 12.0. The summed E-state index contributed by atoms with van der Waals surface area (Å²) in [6.07, 6.45) is 8.60. The molecule has 3 heteroatoms. The highest BCUT2D eigenvalue weighted by Gasteiger charge is 2.47. The Hall–Kier alpha value is -0.0500. The summed E-state index contributed by atoms with van der Waals surface area (Å²) in [5.74, 6) is 0.667. The SMILES string of the molecule is Cl[C@]1(Br)c2ccccc2[C@@H](Br)[C@H]2C=CC=C[C@H]21. The summed E-state index contributed by atoms with van der Waals surface area (Å²) in [6.45, 7) is 0. The van der Waals surface area contributed by atoms with Crippen molar-refractivity contribution in [1.82, 2.24) is 0 Å². The van der Waals surface area contributed by atoms with E-state index < -0.39 is 3.78 Å². The first-order valence-electron chi connectivity index (χ1n) is 5.58. The van der Waals surface area contributed by atoms with Crippen LogP contribution in [0.15, 0.2) is 48.6 Å². The minimum atomic E-state index is -0.500. The van der Waals surface area contributed by atoms with Crippen LogP contribution < -0.4 is 0 Å². The summed E-state index contributed by atoms with van der Waals surface area (Å²) >= 11 is 14.3. The summed E-state index contributed by atoms with van der Waals surface area (Å²) < 4.78 is -0.500. The Kier molecular flexibility index (Phi) is 3.00. The molecule has 0 spiro atoms. The molecule has 0 aromatic heterocycles. The first kappa shape index (κ1) is 12.0. The van der Waals surface area contributed by atoms with E-state index in [1.165, 1.54) is 11.1 Å². The van der Waals surface area contributed by atoms with Crippen LogP contribution in [-0.2, 0) is 3.78 Å². The molecule has 1 aromatic carbocycles. The van der Waals surface area contributed by atoms with E-state index in [1.807, 2.05) is 6.07 Å². The Labute approximate surface area is 123 Å². The highest BCUT2D eigenvalue weighted by atomic mass is 79.9. The van der Waals surface area contributed by atoms with Gasteiger partial charge in [0.2, 0.25) is 0 Å². The third-order valence-corrected chi connectivity index (χ3v) is 6.07. The van der Waals surface area contributed by atoms with Crippen molar-refractivity contribution in [2.45, 2.75) is 8.61 Å². The molecule has 0 nitrogen and oxygen atoms in total. The molecular formula is C14H11Br2Cl. The van der Waals surface area contributed by atoms with Crippen molar-refractivity contribution < 1.29 is 0 Å². The van der Waals surface area contributed by atoms with Crippen LogP contribution in [0.3, 0.4) is 0 Å². The van der Waals surface area contributed by atoms with Crippen molar-refractivity contribution in [2.75, 3.05) is 0 Å². The van der Waals surface area contributed by atoms with E-state index in [-0.39, 0.29) is 5.92 Å². The lowest BCUT2D eigenvalue weighted by Gasteiger charge is -2.43. The molecule has 0 aliphatic heterocycles. The molecule has 17 heavy (non-hydrogen) atoms. The molecule has 0 radical (unpaired) electrons. The number of benzene rings is 1. The lowest BCUT2D eigenvalue weighted by atomic mass is 9.73. The van der Waals surface area contributed by atoms with Gasteiger partial charge in [0.15, 0.2) is 0 Å². The number of hydrogen-bond donors (Lipinski definition) is 0. The molecule has 0 fully saturated rings. The molecule has 0 amide bonds. The zero-order valence-electron chi connectivity index (χ0n) is 8.98. The third-order valence-electron chi connectivity index (χ3n) is 3.55. The van der Waals surface area contributed by atoms with Gasteiger partial charge in [0.1, 0.15) is 3.78 Å². The molecule has 88 valence electrons. The molecule has 0 bridgehead atoms. The maximum atomic E-state index is 6.75. The number of fused-ring (bicyclic) bond motifs is 2. The molecule has 0 N–H and O–H groups in total. The van der Waals surface area contributed by atoms with Crippen LogP contribution in [-0.4, -0.2) is 0 Å². The van der Waals surface area contributed by atoms with Gasteiger partial charge >= 0.3 is 0 Å². The Bertz CT molecular complexity index is 505. The van der Waals surface area contributed by atoms with Gasteiger partial charge in [-0.05, 0) is 11.1 Å². The van der Waals surface area contributed by atoms with Crippen molar-refractivity contribution >= 4 is 43.5 Å². The van der Waals surface area contributed by atoms with Gasteiger partial charge in [-0.1, -0.05) is 80.4 Å². The predicted octanol–water partition coefficient (Wildman–Crippen LogP) is 5.28. The molecular weight excluding hydrogens is 363 g/mol. The van der Waals surface area contributed by atoms with Crippen LogP contribution in [0.5, 0.6) is 0 Å². The highest BCUT2D eigenvalue weighted by molar-refractivity contribution is 9.10. The van der Waals surface area contributed by atoms with E-state index in [2.05, 4.69) is 74.4 Å². The maximum Gasteiger partial charge on any atom is 0.131 e. The van der Waals surface area contributed by atoms with Crippen molar-refractivity contribution in [3.8, 4) is 0 Å². The van der Waals surface area contributed by atoms with Gasteiger partial charge in [0, 0.05) is 16.7 Å². The monoisotopic (exact) mass is 372 g/mol. The van der Waals surface area contributed by atoms with E-state index in [4.69, 9.17) is 11.6 Å². The van der Waals surface area contributed by atoms with Crippen LogP contribution in [0.4, 0.5) is 0 Å². The number of rotatable bonds is 0. The van der Waals surface area contributed by atoms with Gasteiger partial charge in [-0.2, -0.15) is 0 Å². The van der Waals surface area contributed by atoms with Crippen molar-refractivity contribution in [1.29, 1.82) is 0 Å². The quantitative estimate of drug-likeness (QED) is 0.542. The second kappa shape index (κ2) is 4.25. The van der Waals surface area contributed by atoms with E-state index in [1.54, 1.807) is 0 Å². The van der Waals surface area contributed by atoms with Gasteiger partial charge < -0.3 is 0 Å². The highest BCUT2D eigenvalue weighted by Crippen LogP contribution is 2.58. The smallest absolute Gasteiger partial charge is 0.101 e. The van der Waals surface area contributed by atoms with E-state index in [0.29, 0.717) is 10.7 Å². The summed E-state index contributed by atoms with van der Waals surface area (Å²) in [5, 5.41) is 0. The lowest BCUT2D eigenvalue weighted by Crippen LogP contribution is -2.36. The number of allylic oxidation sites excluding steroid dienone is 4. The molecule has 4 atom stereocenters. The van der Waals surface area contributed by atoms with E-state index >= 15 is 0 Å². The zero-order valence-corrected chi connectivity index (χ0v) is 12.9. The fourth-order valence-corrected chi connectivity index (χ4v) is 4.81. The van der Waals surface area contributed by atoms with Crippen molar-refractivity contribution in [3.63, 3.8) is 0 Å². The first-order chi connectivity index (χ1) is 8.12. The van der Waals surface area contributed by atoms with Crippen molar-refractivity contribution in [3.05, 3.63) is 59.7 Å². The van der Waals surface area contributed by atoms with Crippen LogP contribution in [0.1, 0.15) is 16.0 Å². The Morgan fingerprint density at radius 3 is 2.65 bits per heavy atom. The molecule has 3 rings (SSSR count). The summed E-state index contributed by atoms with van der Waals surface area (Å²) in [7, 11) is 0. The van der Waals surface area contributed by atoms with Gasteiger partial charge in [0.25, 0.3) is 0 Å². The molecule has 0 heterocycles. The fourth-order valence-electron chi connectivity index (χ4n) is 2.69. The van der Waals surface area contributed by atoms with Crippen LogP contribution in [0, 0.1) is 11.8 Å². The minimum absolute atomic E-state index is 0.272. The number of halogens is 3. The minimum Gasteiger partial charge on any atom is -0.101 e. The predicted molar refractivity (Wildman–Crippen MR) is 79.8 cm³/mol. The molecule has 2 aliphatic rings. The van der Waals surface area contributed by atoms with Gasteiger partial charge in [-0.15, -0.1) is 11.6 Å². The van der Waals surface area contributed by atoms with Gasteiger partial charge in [-0.3, -0.25) is 0 Å². The van der Waals surface area contributed by atoms with Crippen molar-refractivity contribution in [2.24, 2.45) is 11.8 Å². The lowest BCUT2D eigenvalue weighted by molar-refractivity contribution is 0.405. The van der Waals surface area contributed by atoms with Crippen LogP contribution in [0.2, 0.25) is 0 Å². The van der Waals surface area contributed by atoms with E-state index in [9.17, 15) is 0 Å². The molecule has 2 aliphatic carbocycles. The Balaban J connectivity index is 2.21. The molecule has 0 saturated heterocycles. The molecule has 0 unspecified atom stereocenters. The summed E-state index contributed by atoms with van der Waals surface area (Å²) in [5.41, 5.74) is 2.45. The standard InChI is InChI=1S/C14H11Br2Cl/c15-13-9-5-1-3-7-11(9)14(16,17)12-8-4-2-6-10(12)13/h1-9,11,13H/t9-,11+,13-,14-/m0/s1. The van der Waals surface area contributed by atoms with Crippen LogP contribution in [0.25, 0.3) is 0 Å². The Morgan fingerprint density at radius 2 is 1.82 bits per heavy atom. The second-order valence-electron chi connectivity index (χ2n) is 4.48. The largest absolute Gasteiger partial charge is 0.131 e. The summed E-state index contributed by atoms with van der Waals surface area (Å²) in [4.78, 5) is 0.328. The third kappa shape index (κ3) is 1.76. The van der Waals surface area contributed by atoms with Gasteiger partial charge in [-0.25, -0.2) is 0 Å². The molecule has 1 aromatic rings. The maximum absolute atomic E-state index is 6.75. The fraction of sp³-hybridized carbons (Fsp3) is 0.286. The van der Waals surface area contributed by atoms with Crippen LogP contribution >= 0.6 is 43.5 Å². The normalized spacial score (nSPS) is 38.6. The average molecular weight is 375 g/mol. The Morgan fingerprint density at radius 1 is 1.12 bits per heavy atom.